The van der Waals surface area contributed by atoms with Gasteiger partial charge in [0.2, 0.25) is 0 Å². The normalized spacial score (nSPS) is 17.1. The standard InChI is InChI=1S/C17H30N4O2/c1-8-21-13(4)15(12(3)19-21)11(2)18-14-9-20(10-14)16(22)23-17(5,6)7/h11,14,18H,8-10H2,1-7H3. The fourth-order valence-electron chi connectivity index (χ4n) is 3.14. The number of carbonyl (C=O) groups is 1. The van der Waals surface area contributed by atoms with Crippen molar-refractivity contribution in [1.29, 1.82) is 0 Å². The molecule has 1 saturated heterocycles. The molecule has 0 aliphatic carbocycles. The van der Waals surface area contributed by atoms with Crippen LogP contribution in [0.2, 0.25) is 0 Å². The minimum absolute atomic E-state index is 0.223. The largest absolute Gasteiger partial charge is 0.444 e. The van der Waals surface area contributed by atoms with E-state index in [9.17, 15) is 4.79 Å². The second kappa shape index (κ2) is 6.51. The van der Waals surface area contributed by atoms with Gasteiger partial charge in [0, 0.05) is 43.0 Å². The summed E-state index contributed by atoms with van der Waals surface area (Å²) in [5, 5.41) is 8.17. The van der Waals surface area contributed by atoms with Crippen LogP contribution in [-0.2, 0) is 11.3 Å². The Morgan fingerprint density at radius 1 is 1.39 bits per heavy atom. The number of hydrogen-bond donors (Lipinski definition) is 1. The van der Waals surface area contributed by atoms with Crippen molar-refractivity contribution in [2.75, 3.05) is 13.1 Å². The topological polar surface area (TPSA) is 59.4 Å². The number of amides is 1. The van der Waals surface area contributed by atoms with Crippen molar-refractivity contribution < 1.29 is 9.53 Å². The summed E-state index contributed by atoms with van der Waals surface area (Å²) in [5.74, 6) is 0. The number of rotatable bonds is 4. The van der Waals surface area contributed by atoms with Crippen LogP contribution in [0, 0.1) is 13.8 Å². The summed E-state index contributed by atoms with van der Waals surface area (Å²) < 4.78 is 7.42. The van der Waals surface area contributed by atoms with Gasteiger partial charge in [-0.1, -0.05) is 0 Å². The molecule has 6 heteroatoms. The molecule has 1 atom stereocenters. The summed E-state index contributed by atoms with van der Waals surface area (Å²) >= 11 is 0. The zero-order valence-corrected chi connectivity index (χ0v) is 15.4. The van der Waals surface area contributed by atoms with Crippen LogP contribution >= 0.6 is 0 Å². The third-order valence-corrected chi connectivity index (χ3v) is 4.19. The molecule has 0 spiro atoms. The van der Waals surface area contributed by atoms with Gasteiger partial charge in [-0.15, -0.1) is 0 Å². The first kappa shape index (κ1) is 17.8. The van der Waals surface area contributed by atoms with E-state index in [-0.39, 0.29) is 12.1 Å². The van der Waals surface area contributed by atoms with Crippen molar-refractivity contribution in [2.45, 2.75) is 72.7 Å². The van der Waals surface area contributed by atoms with Gasteiger partial charge in [0.05, 0.1) is 5.69 Å². The van der Waals surface area contributed by atoms with Gasteiger partial charge >= 0.3 is 6.09 Å². The first-order valence-electron chi connectivity index (χ1n) is 8.40. The van der Waals surface area contributed by atoms with Gasteiger partial charge in [-0.2, -0.15) is 5.10 Å². The number of likely N-dealkylation sites (tertiary alicyclic amines) is 1. The highest BCUT2D eigenvalue weighted by Gasteiger charge is 2.34. The highest BCUT2D eigenvalue weighted by atomic mass is 16.6. The molecule has 1 fully saturated rings. The molecule has 130 valence electrons. The molecule has 0 radical (unpaired) electrons. The van der Waals surface area contributed by atoms with Crippen LogP contribution in [0.25, 0.3) is 0 Å². The lowest BCUT2D eigenvalue weighted by Gasteiger charge is -2.41. The zero-order chi connectivity index (χ0) is 17.4. The van der Waals surface area contributed by atoms with Crippen molar-refractivity contribution in [1.82, 2.24) is 20.0 Å². The monoisotopic (exact) mass is 322 g/mol. The third kappa shape index (κ3) is 4.05. The Morgan fingerprint density at radius 2 is 2.00 bits per heavy atom. The molecule has 1 aliphatic rings. The van der Waals surface area contributed by atoms with E-state index < -0.39 is 5.60 Å². The highest BCUT2D eigenvalue weighted by molar-refractivity contribution is 5.69. The predicted molar refractivity (Wildman–Crippen MR) is 90.5 cm³/mol. The average Bonchev–Trinajstić information content (AvgIpc) is 2.65. The molecule has 23 heavy (non-hydrogen) atoms. The molecule has 2 rings (SSSR count). The number of nitrogens with zero attached hydrogens (tertiary/aromatic N) is 3. The van der Waals surface area contributed by atoms with Crippen LogP contribution in [-0.4, -0.2) is 45.5 Å². The Bertz CT molecular complexity index is 568. The highest BCUT2D eigenvalue weighted by Crippen LogP contribution is 2.24. The molecule has 0 aromatic carbocycles. The summed E-state index contributed by atoms with van der Waals surface area (Å²) in [5.41, 5.74) is 3.12. The number of hydrogen-bond acceptors (Lipinski definition) is 4. The molecule has 1 aromatic rings. The number of aryl methyl sites for hydroxylation is 2. The van der Waals surface area contributed by atoms with Crippen LogP contribution in [0.1, 0.15) is 57.6 Å². The first-order chi connectivity index (χ1) is 10.6. The van der Waals surface area contributed by atoms with Crippen molar-refractivity contribution in [3.05, 3.63) is 17.0 Å². The van der Waals surface area contributed by atoms with Crippen molar-refractivity contribution in [2.24, 2.45) is 0 Å². The van der Waals surface area contributed by atoms with E-state index >= 15 is 0 Å². The minimum Gasteiger partial charge on any atom is -0.444 e. The molecule has 2 heterocycles. The van der Waals surface area contributed by atoms with Crippen LogP contribution in [0.3, 0.4) is 0 Å². The average molecular weight is 322 g/mol. The summed E-state index contributed by atoms with van der Waals surface area (Å²) in [6, 6.07) is 0.530. The van der Waals surface area contributed by atoms with Gasteiger partial charge in [0.15, 0.2) is 0 Å². The van der Waals surface area contributed by atoms with Gasteiger partial charge in [0.1, 0.15) is 5.60 Å². The van der Waals surface area contributed by atoms with Gasteiger partial charge < -0.3 is 15.0 Å². The second-order valence-electron chi connectivity index (χ2n) is 7.37. The zero-order valence-electron chi connectivity index (χ0n) is 15.4. The molecule has 1 aromatic heterocycles. The van der Waals surface area contributed by atoms with E-state index in [2.05, 4.69) is 38.1 Å². The summed E-state index contributed by atoms with van der Waals surface area (Å²) in [6.45, 7) is 16.4. The molecule has 1 aliphatic heterocycles. The molecule has 1 unspecified atom stereocenters. The molecular weight excluding hydrogens is 292 g/mol. The molecule has 0 saturated carbocycles. The Morgan fingerprint density at radius 3 is 2.48 bits per heavy atom. The SMILES string of the molecule is CCn1nc(C)c(C(C)NC2CN(C(=O)OC(C)(C)C)C2)c1C. The number of carbonyl (C=O) groups excluding carboxylic acids is 1. The molecule has 6 nitrogen and oxygen atoms in total. The second-order valence-corrected chi connectivity index (χ2v) is 7.37. The van der Waals surface area contributed by atoms with Crippen molar-refractivity contribution >= 4 is 6.09 Å². The Hall–Kier alpha value is -1.56. The summed E-state index contributed by atoms with van der Waals surface area (Å²) in [6.07, 6.45) is -0.227. The number of ether oxygens (including phenoxy) is 1. The molecular formula is C17H30N4O2. The maximum absolute atomic E-state index is 12.0. The maximum atomic E-state index is 12.0. The quantitative estimate of drug-likeness (QED) is 0.926. The summed E-state index contributed by atoms with van der Waals surface area (Å²) in [7, 11) is 0. The Balaban J connectivity index is 1.88. The number of nitrogens with one attached hydrogen (secondary N) is 1. The third-order valence-electron chi connectivity index (χ3n) is 4.19. The lowest BCUT2D eigenvalue weighted by molar-refractivity contribution is 0.00432. The van der Waals surface area contributed by atoms with Gasteiger partial charge in [-0.25, -0.2) is 4.79 Å². The smallest absolute Gasteiger partial charge is 0.410 e. The van der Waals surface area contributed by atoms with E-state index in [4.69, 9.17) is 4.74 Å². The molecule has 1 N–H and O–H groups in total. The van der Waals surface area contributed by atoms with Crippen molar-refractivity contribution in [3.63, 3.8) is 0 Å². The van der Waals surface area contributed by atoms with Crippen LogP contribution in [0.15, 0.2) is 0 Å². The maximum Gasteiger partial charge on any atom is 0.410 e. The van der Waals surface area contributed by atoms with Gasteiger partial charge in [-0.3, -0.25) is 4.68 Å². The summed E-state index contributed by atoms with van der Waals surface area (Å²) in [4.78, 5) is 13.7. The van der Waals surface area contributed by atoms with E-state index in [0.29, 0.717) is 19.1 Å². The van der Waals surface area contributed by atoms with E-state index in [1.54, 1.807) is 4.90 Å². The van der Waals surface area contributed by atoms with Crippen LogP contribution in [0.5, 0.6) is 0 Å². The number of aromatic nitrogens is 2. The fraction of sp³-hybridized carbons (Fsp3) is 0.765. The lowest BCUT2D eigenvalue weighted by Crippen LogP contribution is -2.60. The van der Waals surface area contributed by atoms with E-state index in [1.807, 2.05) is 25.5 Å². The minimum atomic E-state index is -0.439. The molecule has 0 bridgehead atoms. The lowest BCUT2D eigenvalue weighted by atomic mass is 10.0. The van der Waals surface area contributed by atoms with Gasteiger partial charge in [0.25, 0.3) is 0 Å². The predicted octanol–water partition coefficient (Wildman–Crippen LogP) is 2.79. The molecule has 1 amide bonds. The first-order valence-corrected chi connectivity index (χ1v) is 8.40. The van der Waals surface area contributed by atoms with Crippen LogP contribution < -0.4 is 5.32 Å². The van der Waals surface area contributed by atoms with E-state index in [1.165, 1.54) is 11.3 Å². The van der Waals surface area contributed by atoms with Crippen molar-refractivity contribution in [3.8, 4) is 0 Å². The fourth-order valence-corrected chi connectivity index (χ4v) is 3.14. The van der Waals surface area contributed by atoms with Crippen LogP contribution in [0.4, 0.5) is 4.79 Å². The van der Waals surface area contributed by atoms with Gasteiger partial charge in [-0.05, 0) is 48.5 Å². The Kier molecular flexibility index (Phi) is 5.04. The van der Waals surface area contributed by atoms with E-state index in [0.717, 1.165) is 12.2 Å². The Labute approximate surface area is 139 Å².